The molecular weight excluding hydrogens is 398 g/mol. The highest BCUT2D eigenvalue weighted by atomic mass is 16.5. The van der Waals surface area contributed by atoms with Gasteiger partial charge in [0.2, 0.25) is 0 Å². The zero-order chi connectivity index (χ0) is 21.8. The van der Waals surface area contributed by atoms with E-state index in [0.717, 1.165) is 13.1 Å². The fraction of sp³-hybridized carbons (Fsp3) is 0.348. The lowest BCUT2D eigenvalue weighted by Crippen LogP contribution is -2.42. The molecule has 1 N–H and O–H groups in total. The van der Waals surface area contributed by atoms with Gasteiger partial charge in [0.05, 0.1) is 31.6 Å². The number of pyridine rings is 1. The van der Waals surface area contributed by atoms with Gasteiger partial charge in [-0.05, 0) is 24.3 Å². The summed E-state index contributed by atoms with van der Waals surface area (Å²) < 4.78 is 10.6. The quantitative estimate of drug-likeness (QED) is 0.431. The fourth-order valence-corrected chi connectivity index (χ4v) is 3.96. The van der Waals surface area contributed by atoms with Gasteiger partial charge in [-0.15, -0.1) is 0 Å². The predicted molar refractivity (Wildman–Crippen MR) is 113 cm³/mol. The first kappa shape index (κ1) is 21.0. The zero-order valence-electron chi connectivity index (χ0n) is 17.4. The van der Waals surface area contributed by atoms with Crippen LogP contribution in [0.1, 0.15) is 17.3 Å². The van der Waals surface area contributed by atoms with Gasteiger partial charge in [0.15, 0.2) is 0 Å². The Bertz CT molecular complexity index is 986. The third-order valence-corrected chi connectivity index (χ3v) is 5.61. The molecule has 0 aliphatic carbocycles. The first-order valence-corrected chi connectivity index (χ1v) is 10.2. The van der Waals surface area contributed by atoms with Crippen molar-refractivity contribution < 1.29 is 24.2 Å². The standard InChI is InChI=1S/C23H25N3O5/c1-30-17-6-4-5-16(15-17)21(27)19-20(18-7-2-3-8-24-18)26(23(29)22(19)28)10-9-25-11-13-31-14-12-25/h2-8,15,20,27H,9-14H2,1H3/b21-19+/t20-/m0/s1. The number of likely N-dealkylation sites (tertiary alicyclic amines) is 1. The maximum atomic E-state index is 13.0. The van der Waals surface area contributed by atoms with Gasteiger partial charge in [0.1, 0.15) is 17.6 Å². The highest BCUT2D eigenvalue weighted by molar-refractivity contribution is 6.46. The predicted octanol–water partition coefficient (Wildman–Crippen LogP) is 1.84. The van der Waals surface area contributed by atoms with Crippen molar-refractivity contribution >= 4 is 17.4 Å². The van der Waals surface area contributed by atoms with Gasteiger partial charge in [0, 0.05) is 37.9 Å². The molecule has 31 heavy (non-hydrogen) atoms. The number of aliphatic hydroxyl groups excluding tert-OH is 1. The lowest BCUT2D eigenvalue weighted by molar-refractivity contribution is -0.140. The van der Waals surface area contributed by atoms with E-state index in [4.69, 9.17) is 9.47 Å². The van der Waals surface area contributed by atoms with Crippen molar-refractivity contribution in [2.45, 2.75) is 6.04 Å². The van der Waals surface area contributed by atoms with E-state index in [0.29, 0.717) is 43.3 Å². The van der Waals surface area contributed by atoms with Crippen LogP contribution in [0, 0.1) is 0 Å². The van der Waals surface area contributed by atoms with Crippen LogP contribution in [0.15, 0.2) is 54.2 Å². The topological polar surface area (TPSA) is 92.2 Å². The maximum absolute atomic E-state index is 13.0. The number of carbonyl (C=O) groups excluding carboxylic acids is 2. The summed E-state index contributed by atoms with van der Waals surface area (Å²) in [6, 6.07) is 11.3. The van der Waals surface area contributed by atoms with E-state index in [1.54, 1.807) is 48.7 Å². The molecule has 8 nitrogen and oxygen atoms in total. The SMILES string of the molecule is COc1cccc(/C(O)=C2\C(=O)C(=O)N(CCN3CCOCC3)[C@H]2c2ccccn2)c1. The molecule has 0 saturated carbocycles. The smallest absolute Gasteiger partial charge is 0.295 e. The van der Waals surface area contributed by atoms with Crippen LogP contribution in [-0.4, -0.2) is 78.1 Å². The molecule has 2 fully saturated rings. The Morgan fingerprint density at radius 1 is 1.16 bits per heavy atom. The molecule has 2 aliphatic rings. The lowest BCUT2D eigenvalue weighted by Gasteiger charge is -2.30. The fourth-order valence-electron chi connectivity index (χ4n) is 3.96. The molecule has 0 unspecified atom stereocenters. The number of nitrogens with zero attached hydrogens (tertiary/aromatic N) is 3. The largest absolute Gasteiger partial charge is 0.507 e. The number of hydrogen-bond acceptors (Lipinski definition) is 7. The Balaban J connectivity index is 1.72. The molecule has 0 bridgehead atoms. The number of benzene rings is 1. The number of hydrogen-bond donors (Lipinski definition) is 1. The van der Waals surface area contributed by atoms with E-state index in [9.17, 15) is 14.7 Å². The molecular formula is C23H25N3O5. The number of rotatable bonds is 6. The Morgan fingerprint density at radius 3 is 2.68 bits per heavy atom. The molecule has 2 aliphatic heterocycles. The minimum atomic E-state index is -0.756. The van der Waals surface area contributed by atoms with Crippen LogP contribution in [0.4, 0.5) is 0 Å². The summed E-state index contributed by atoms with van der Waals surface area (Å²) in [4.78, 5) is 34.1. The second-order valence-electron chi connectivity index (χ2n) is 7.43. The average Bonchev–Trinajstić information content (AvgIpc) is 3.08. The molecule has 4 rings (SSSR count). The number of methoxy groups -OCH3 is 1. The molecule has 0 radical (unpaired) electrons. The molecule has 162 valence electrons. The average molecular weight is 423 g/mol. The Morgan fingerprint density at radius 2 is 1.97 bits per heavy atom. The summed E-state index contributed by atoms with van der Waals surface area (Å²) in [5.41, 5.74) is 0.985. The van der Waals surface area contributed by atoms with Gasteiger partial charge in [-0.25, -0.2) is 0 Å². The molecule has 0 spiro atoms. The monoisotopic (exact) mass is 423 g/mol. The Labute approximate surface area is 180 Å². The van der Waals surface area contributed by atoms with Gasteiger partial charge < -0.3 is 19.5 Å². The number of ether oxygens (including phenoxy) is 2. The number of aromatic nitrogens is 1. The third-order valence-electron chi connectivity index (χ3n) is 5.61. The van der Waals surface area contributed by atoms with Crippen LogP contribution in [0.25, 0.3) is 5.76 Å². The lowest BCUT2D eigenvalue weighted by atomic mass is 9.98. The summed E-state index contributed by atoms with van der Waals surface area (Å²) >= 11 is 0. The first-order valence-electron chi connectivity index (χ1n) is 10.2. The Hall–Kier alpha value is -3.23. The number of carbonyl (C=O) groups is 2. The molecule has 1 aromatic heterocycles. The summed E-state index contributed by atoms with van der Waals surface area (Å²) in [7, 11) is 1.53. The van der Waals surface area contributed by atoms with Crippen LogP contribution >= 0.6 is 0 Å². The summed E-state index contributed by atoms with van der Waals surface area (Å²) in [5.74, 6) is -1.03. The summed E-state index contributed by atoms with van der Waals surface area (Å²) in [6.45, 7) is 3.82. The van der Waals surface area contributed by atoms with Crippen molar-refractivity contribution in [2.75, 3.05) is 46.5 Å². The third kappa shape index (κ3) is 4.30. The number of aliphatic hydroxyl groups is 1. The molecule has 2 aromatic rings. The van der Waals surface area contributed by atoms with Gasteiger partial charge in [-0.3, -0.25) is 19.5 Å². The van der Waals surface area contributed by atoms with E-state index >= 15 is 0 Å². The molecule has 1 amide bonds. The molecule has 2 saturated heterocycles. The van der Waals surface area contributed by atoms with Crippen LogP contribution in [0.2, 0.25) is 0 Å². The highest BCUT2D eigenvalue weighted by Gasteiger charge is 2.46. The number of ketones is 1. The number of Topliss-reactive ketones (excluding diaryl/α,β-unsaturated/α-hetero) is 1. The summed E-state index contributed by atoms with van der Waals surface area (Å²) in [6.07, 6.45) is 1.61. The summed E-state index contributed by atoms with van der Waals surface area (Å²) in [5, 5.41) is 11.1. The highest BCUT2D eigenvalue weighted by Crippen LogP contribution is 2.38. The second-order valence-corrected chi connectivity index (χ2v) is 7.43. The van der Waals surface area contributed by atoms with E-state index < -0.39 is 17.7 Å². The van der Waals surface area contributed by atoms with Crippen molar-refractivity contribution in [3.63, 3.8) is 0 Å². The molecule has 8 heteroatoms. The van der Waals surface area contributed by atoms with Gasteiger partial charge in [0.25, 0.3) is 11.7 Å². The van der Waals surface area contributed by atoms with Crippen LogP contribution < -0.4 is 4.74 Å². The van der Waals surface area contributed by atoms with Crippen molar-refractivity contribution in [2.24, 2.45) is 0 Å². The Kier molecular flexibility index (Phi) is 6.29. The van der Waals surface area contributed by atoms with E-state index in [2.05, 4.69) is 9.88 Å². The van der Waals surface area contributed by atoms with Gasteiger partial charge >= 0.3 is 0 Å². The van der Waals surface area contributed by atoms with Crippen LogP contribution in [-0.2, 0) is 14.3 Å². The second kappa shape index (κ2) is 9.28. The maximum Gasteiger partial charge on any atom is 0.295 e. The van der Waals surface area contributed by atoms with Crippen molar-refractivity contribution in [1.29, 1.82) is 0 Å². The van der Waals surface area contributed by atoms with Crippen molar-refractivity contribution in [1.82, 2.24) is 14.8 Å². The molecule has 3 heterocycles. The molecule has 1 atom stereocenters. The van der Waals surface area contributed by atoms with E-state index in [-0.39, 0.29) is 11.3 Å². The van der Waals surface area contributed by atoms with Crippen molar-refractivity contribution in [3.05, 3.63) is 65.5 Å². The number of morpholine rings is 1. The minimum absolute atomic E-state index is 0.0407. The van der Waals surface area contributed by atoms with Crippen LogP contribution in [0.3, 0.4) is 0 Å². The first-order chi connectivity index (χ1) is 15.1. The zero-order valence-corrected chi connectivity index (χ0v) is 17.4. The van der Waals surface area contributed by atoms with Crippen LogP contribution in [0.5, 0.6) is 5.75 Å². The van der Waals surface area contributed by atoms with E-state index in [1.165, 1.54) is 12.0 Å². The van der Waals surface area contributed by atoms with Crippen molar-refractivity contribution in [3.8, 4) is 5.75 Å². The van der Waals surface area contributed by atoms with Gasteiger partial charge in [-0.2, -0.15) is 0 Å². The minimum Gasteiger partial charge on any atom is -0.507 e. The van der Waals surface area contributed by atoms with Gasteiger partial charge in [-0.1, -0.05) is 18.2 Å². The molecule has 1 aromatic carbocycles. The number of amides is 1. The normalized spacial score (nSPS) is 21.5. The van der Waals surface area contributed by atoms with E-state index in [1.807, 2.05) is 0 Å².